The van der Waals surface area contributed by atoms with Gasteiger partial charge >= 0.3 is 0 Å². The molecule has 3 rings (SSSR count). The number of hydrogen-bond acceptors (Lipinski definition) is 6. The van der Waals surface area contributed by atoms with Crippen LogP contribution in [-0.4, -0.2) is 36.5 Å². The van der Waals surface area contributed by atoms with Gasteiger partial charge in [0.25, 0.3) is 0 Å². The predicted molar refractivity (Wildman–Crippen MR) is 79.5 cm³/mol. The van der Waals surface area contributed by atoms with Crippen LogP contribution < -0.4 is 10.2 Å². The summed E-state index contributed by atoms with van der Waals surface area (Å²) in [6.45, 7) is 3.36. The SMILES string of the molecule is N#Cc1ccnnc1Nc1ccc(N2CCOCC2)cc1. The lowest BCUT2D eigenvalue weighted by Crippen LogP contribution is -2.36. The number of morpholine rings is 1. The molecule has 0 aliphatic carbocycles. The molecule has 6 heteroatoms. The van der Waals surface area contributed by atoms with Gasteiger partial charge < -0.3 is 15.0 Å². The predicted octanol–water partition coefficient (Wildman–Crippen LogP) is 1.93. The maximum atomic E-state index is 9.03. The molecule has 1 saturated heterocycles. The Labute approximate surface area is 123 Å². The number of hydrogen-bond donors (Lipinski definition) is 1. The molecule has 1 aromatic carbocycles. The van der Waals surface area contributed by atoms with Crippen LogP contribution in [0.15, 0.2) is 36.5 Å². The van der Waals surface area contributed by atoms with Gasteiger partial charge in [0, 0.05) is 24.5 Å². The summed E-state index contributed by atoms with van der Waals surface area (Å²) < 4.78 is 5.35. The van der Waals surface area contributed by atoms with Gasteiger partial charge in [0.05, 0.1) is 25.0 Å². The fourth-order valence-corrected chi connectivity index (χ4v) is 2.23. The van der Waals surface area contributed by atoms with E-state index >= 15 is 0 Å². The van der Waals surface area contributed by atoms with Crippen LogP contribution in [0.2, 0.25) is 0 Å². The van der Waals surface area contributed by atoms with Crippen molar-refractivity contribution < 1.29 is 4.74 Å². The topological polar surface area (TPSA) is 74.1 Å². The molecule has 0 bridgehead atoms. The van der Waals surface area contributed by atoms with Gasteiger partial charge in [-0.15, -0.1) is 5.10 Å². The molecule has 0 spiro atoms. The zero-order valence-electron chi connectivity index (χ0n) is 11.5. The van der Waals surface area contributed by atoms with Crippen molar-refractivity contribution in [1.82, 2.24) is 10.2 Å². The van der Waals surface area contributed by atoms with Gasteiger partial charge in [-0.2, -0.15) is 10.4 Å². The largest absolute Gasteiger partial charge is 0.378 e. The van der Waals surface area contributed by atoms with Crippen molar-refractivity contribution in [2.24, 2.45) is 0 Å². The van der Waals surface area contributed by atoms with Crippen molar-refractivity contribution in [2.75, 3.05) is 36.5 Å². The average molecular weight is 281 g/mol. The lowest BCUT2D eigenvalue weighted by Gasteiger charge is -2.28. The standard InChI is InChI=1S/C15H15N5O/c16-11-12-5-6-17-19-15(12)18-13-1-3-14(4-2-13)20-7-9-21-10-8-20/h1-6H,7-10H2,(H,18,19). The Kier molecular flexibility index (Phi) is 3.94. The number of nitrogens with zero attached hydrogens (tertiary/aromatic N) is 4. The van der Waals surface area contributed by atoms with Crippen molar-refractivity contribution >= 4 is 17.2 Å². The van der Waals surface area contributed by atoms with Gasteiger partial charge in [-0.1, -0.05) is 0 Å². The van der Waals surface area contributed by atoms with Crippen LogP contribution in [0.5, 0.6) is 0 Å². The van der Waals surface area contributed by atoms with E-state index < -0.39 is 0 Å². The molecular formula is C15H15N5O. The summed E-state index contributed by atoms with van der Waals surface area (Å²) in [7, 11) is 0. The van der Waals surface area contributed by atoms with Gasteiger partial charge in [-0.05, 0) is 30.3 Å². The van der Waals surface area contributed by atoms with Crippen LogP contribution in [0.1, 0.15) is 5.56 Å². The quantitative estimate of drug-likeness (QED) is 0.926. The smallest absolute Gasteiger partial charge is 0.171 e. The summed E-state index contributed by atoms with van der Waals surface area (Å²) in [5, 5.41) is 19.9. The van der Waals surface area contributed by atoms with E-state index in [2.05, 4.69) is 38.6 Å². The summed E-state index contributed by atoms with van der Waals surface area (Å²) in [4.78, 5) is 2.29. The second-order valence-corrected chi connectivity index (χ2v) is 4.68. The third-order valence-electron chi connectivity index (χ3n) is 3.35. The molecule has 2 heterocycles. The molecule has 0 unspecified atom stereocenters. The zero-order chi connectivity index (χ0) is 14.5. The number of benzene rings is 1. The highest BCUT2D eigenvalue weighted by molar-refractivity contribution is 5.64. The third kappa shape index (κ3) is 3.09. The lowest BCUT2D eigenvalue weighted by atomic mass is 10.2. The van der Waals surface area contributed by atoms with Gasteiger partial charge in [0.15, 0.2) is 5.82 Å². The molecule has 0 saturated carbocycles. The van der Waals surface area contributed by atoms with E-state index in [9.17, 15) is 0 Å². The van der Waals surface area contributed by atoms with E-state index in [1.165, 1.54) is 11.9 Å². The fourth-order valence-electron chi connectivity index (χ4n) is 2.23. The Morgan fingerprint density at radius 3 is 2.62 bits per heavy atom. The van der Waals surface area contributed by atoms with E-state index in [1.54, 1.807) is 6.07 Å². The van der Waals surface area contributed by atoms with Gasteiger partial charge in [0.1, 0.15) is 6.07 Å². The van der Waals surface area contributed by atoms with Crippen LogP contribution in [-0.2, 0) is 4.74 Å². The first-order chi connectivity index (χ1) is 10.4. The van der Waals surface area contributed by atoms with E-state index in [4.69, 9.17) is 10.00 Å². The van der Waals surface area contributed by atoms with Crippen molar-refractivity contribution in [3.05, 3.63) is 42.1 Å². The minimum Gasteiger partial charge on any atom is -0.378 e. The maximum absolute atomic E-state index is 9.03. The van der Waals surface area contributed by atoms with E-state index in [0.29, 0.717) is 11.4 Å². The molecule has 1 aliphatic heterocycles. The minimum absolute atomic E-state index is 0.471. The van der Waals surface area contributed by atoms with Crippen molar-refractivity contribution in [2.45, 2.75) is 0 Å². The van der Waals surface area contributed by atoms with Crippen LogP contribution in [0.3, 0.4) is 0 Å². The molecule has 1 fully saturated rings. The Morgan fingerprint density at radius 2 is 1.90 bits per heavy atom. The highest BCUT2D eigenvalue weighted by atomic mass is 16.5. The molecular weight excluding hydrogens is 266 g/mol. The number of nitriles is 1. The minimum atomic E-state index is 0.471. The van der Waals surface area contributed by atoms with Gasteiger partial charge in [-0.25, -0.2) is 0 Å². The zero-order valence-corrected chi connectivity index (χ0v) is 11.5. The Hall–Kier alpha value is -2.65. The number of aromatic nitrogens is 2. The number of nitrogens with one attached hydrogen (secondary N) is 1. The Bertz CT molecular complexity index is 644. The molecule has 106 valence electrons. The number of rotatable bonds is 3. The van der Waals surface area contributed by atoms with Crippen molar-refractivity contribution in [1.29, 1.82) is 5.26 Å². The van der Waals surface area contributed by atoms with Gasteiger partial charge in [0.2, 0.25) is 0 Å². The maximum Gasteiger partial charge on any atom is 0.171 e. The van der Waals surface area contributed by atoms with E-state index in [1.807, 2.05) is 12.1 Å². The Balaban J connectivity index is 1.74. The summed E-state index contributed by atoms with van der Waals surface area (Å²) >= 11 is 0. The lowest BCUT2D eigenvalue weighted by molar-refractivity contribution is 0.122. The van der Waals surface area contributed by atoms with Crippen LogP contribution >= 0.6 is 0 Å². The number of anilines is 3. The molecule has 1 N–H and O–H groups in total. The summed E-state index contributed by atoms with van der Waals surface area (Å²) in [6, 6.07) is 11.8. The molecule has 0 amide bonds. The molecule has 1 aliphatic rings. The monoisotopic (exact) mass is 281 g/mol. The molecule has 2 aromatic rings. The number of ether oxygens (including phenoxy) is 1. The first-order valence-corrected chi connectivity index (χ1v) is 6.78. The molecule has 1 aromatic heterocycles. The molecule has 0 radical (unpaired) electrons. The third-order valence-corrected chi connectivity index (χ3v) is 3.35. The van der Waals surface area contributed by atoms with E-state index in [-0.39, 0.29) is 0 Å². The Morgan fingerprint density at radius 1 is 1.14 bits per heavy atom. The van der Waals surface area contributed by atoms with Crippen molar-refractivity contribution in [3.63, 3.8) is 0 Å². The van der Waals surface area contributed by atoms with Crippen LogP contribution in [0.25, 0.3) is 0 Å². The fraction of sp³-hybridized carbons (Fsp3) is 0.267. The normalized spacial score (nSPS) is 14.5. The van der Waals surface area contributed by atoms with Gasteiger partial charge in [-0.3, -0.25) is 0 Å². The second-order valence-electron chi connectivity index (χ2n) is 4.68. The van der Waals surface area contributed by atoms with E-state index in [0.717, 1.165) is 32.0 Å². The highest BCUT2D eigenvalue weighted by Gasteiger charge is 2.11. The summed E-state index contributed by atoms with van der Waals surface area (Å²) in [5.41, 5.74) is 2.52. The first-order valence-electron chi connectivity index (χ1n) is 6.78. The van der Waals surface area contributed by atoms with Crippen LogP contribution in [0, 0.1) is 11.3 Å². The first kappa shape index (κ1) is 13.3. The summed E-state index contributed by atoms with van der Waals surface area (Å²) in [5.74, 6) is 0.471. The van der Waals surface area contributed by atoms with Crippen LogP contribution in [0.4, 0.5) is 17.2 Å². The average Bonchev–Trinajstić information content (AvgIpc) is 2.57. The summed E-state index contributed by atoms with van der Waals surface area (Å²) in [6.07, 6.45) is 1.51. The molecule has 21 heavy (non-hydrogen) atoms. The second kappa shape index (κ2) is 6.20. The highest BCUT2D eigenvalue weighted by Crippen LogP contribution is 2.22. The molecule has 6 nitrogen and oxygen atoms in total. The van der Waals surface area contributed by atoms with Crippen molar-refractivity contribution in [3.8, 4) is 6.07 Å². The molecule has 0 atom stereocenters.